The predicted octanol–water partition coefficient (Wildman–Crippen LogP) is 31.1. The first-order chi connectivity index (χ1) is 67.3. The van der Waals surface area contributed by atoms with Gasteiger partial charge in [-0.05, 0) is 300 Å². The van der Waals surface area contributed by atoms with Crippen molar-refractivity contribution < 1.29 is 44.8 Å². The van der Waals surface area contributed by atoms with E-state index in [-0.39, 0.29) is 11.1 Å². The van der Waals surface area contributed by atoms with Crippen LogP contribution in [0.3, 0.4) is 0 Å². The van der Waals surface area contributed by atoms with Gasteiger partial charge in [0.2, 0.25) is 28.5 Å². The normalized spacial score (nSPS) is 13.8. The lowest BCUT2D eigenvalue weighted by Gasteiger charge is -2.17. The molecule has 5 heterocycles. The van der Waals surface area contributed by atoms with Crippen molar-refractivity contribution in [2.75, 3.05) is 0 Å². The second-order valence-corrected chi connectivity index (χ2v) is 37.0. The maximum Gasteiger partial charge on any atom is 0.212 e. The molecule has 15 aromatic rings. The molecule has 0 bridgehead atoms. The summed E-state index contributed by atoms with van der Waals surface area (Å²) in [4.78, 5) is 0. The number of pyridine rings is 5. The molecule has 0 aliphatic heterocycles. The van der Waals surface area contributed by atoms with E-state index in [4.69, 9.17) is 21.9 Å². The Morgan fingerprint density at radius 2 is 0.411 bits per heavy atom. The van der Waals surface area contributed by atoms with Crippen molar-refractivity contribution in [3.05, 3.63) is 385 Å². The van der Waals surface area contributed by atoms with Crippen LogP contribution in [0.1, 0.15) is 271 Å². The van der Waals surface area contributed by atoms with Gasteiger partial charge in [-0.1, -0.05) is 279 Å². The van der Waals surface area contributed by atoms with E-state index in [0.717, 1.165) is 95.0 Å². The first-order valence-electron chi connectivity index (χ1n) is 53.4. The average molecular weight is 1720 g/mol. The molecule has 5 aromatic heterocycles. The van der Waals surface area contributed by atoms with E-state index >= 15 is 0 Å². The van der Waals surface area contributed by atoms with Gasteiger partial charge < -0.3 is 0 Å². The largest absolute Gasteiger partial charge is 0.212 e. The van der Waals surface area contributed by atoms with Crippen LogP contribution < -0.4 is 22.8 Å². The number of rotatable bonds is 17. The van der Waals surface area contributed by atoms with Gasteiger partial charge in [0.15, 0.2) is 31.0 Å². The molecule has 0 unspecified atom stereocenters. The van der Waals surface area contributed by atoms with Gasteiger partial charge in [-0.2, -0.15) is 0 Å². The molecule has 0 fully saturated rings. The fourth-order valence-electron chi connectivity index (χ4n) is 17.9. The molecule has 0 aliphatic rings. The lowest BCUT2D eigenvalue weighted by Crippen LogP contribution is -2.32. The fourth-order valence-corrected chi connectivity index (χ4v) is 17.9. The first kappa shape index (κ1) is 76.9. The molecule has 0 atom stereocenters. The third-order valence-corrected chi connectivity index (χ3v) is 24.9. The highest BCUT2D eigenvalue weighted by molar-refractivity contribution is 5.81. The Hall–Kier alpha value is -12.1. The number of aromatic nitrogens is 5. The van der Waals surface area contributed by atoms with Gasteiger partial charge in [-0.25, -0.2) is 22.8 Å². The summed E-state index contributed by atoms with van der Waals surface area (Å²) in [6.07, 6.45) is 10.1. The van der Waals surface area contributed by atoms with E-state index in [1.165, 1.54) is 89.3 Å². The lowest BCUT2D eigenvalue weighted by atomic mass is 9.88. The zero-order valence-corrected chi connectivity index (χ0v) is 81.9. The second kappa shape index (κ2) is 42.9. The minimum absolute atomic E-state index is 0.142. The van der Waals surface area contributed by atoms with Crippen LogP contribution in [-0.2, 0) is 35.2 Å². The number of hydrogen-bond acceptors (Lipinski definition) is 0. The smallest absolute Gasteiger partial charge is 0.201 e. The van der Waals surface area contributed by atoms with E-state index in [1.54, 1.807) is 55.9 Å². The summed E-state index contributed by atoms with van der Waals surface area (Å²) < 4.78 is 141. The topological polar surface area (TPSA) is 19.4 Å². The van der Waals surface area contributed by atoms with E-state index in [2.05, 4.69) is 215 Å². The Bertz CT molecular complexity index is 6980. The van der Waals surface area contributed by atoms with Crippen LogP contribution in [0, 0.1) is 89.7 Å². The van der Waals surface area contributed by atoms with Crippen molar-refractivity contribution in [1.29, 1.82) is 0 Å². The molecule has 0 radical (unpaired) electrons. The molecule has 0 N–H and O–H groups in total. The molecule has 0 spiro atoms. The van der Waals surface area contributed by atoms with Crippen LogP contribution in [0.4, 0.5) is 0 Å². The number of benzene rings is 10. The molecule has 0 aliphatic carbocycles. The van der Waals surface area contributed by atoms with Gasteiger partial charge in [0.25, 0.3) is 0 Å². The van der Waals surface area contributed by atoms with Gasteiger partial charge in [0, 0.05) is 108 Å². The lowest BCUT2D eigenvalue weighted by molar-refractivity contribution is -0.661. The van der Waals surface area contributed by atoms with Crippen molar-refractivity contribution >= 4 is 0 Å². The van der Waals surface area contributed by atoms with Crippen molar-refractivity contribution in [2.24, 2.45) is 35.2 Å². The van der Waals surface area contributed by atoms with E-state index < -0.39 is 51.0 Å². The standard InChI is InChI=1S/2C26H32N.3C24H28N/c2*1-17(2)22-15-26(27(7)16-25(22)18(3)4)24-14-23(19(5)13-20(24)6)21-11-9-8-10-12-21;2*1-16(2)21-14-24(25(6)15-19(21)5)23-13-22(17(3)12-18(23)4)20-10-8-7-9-11-20;1-16(2)23-15-25(6)24(13-19(23)5)22-14-21(17(3)12-18(22)4)20-10-8-7-9-11-20/h2*8-18H,1-7H3;3*7-16H,1-6H3/q5*+1/i5D3,17D,18D;;3D3,5D3,16D;;3D3,16D. The van der Waals surface area contributed by atoms with Crippen LogP contribution in [0.15, 0.2) is 274 Å². The first-order valence-corrected chi connectivity index (χ1v) is 45.4. The molecule has 0 saturated heterocycles. The molecule has 5 nitrogen and oxygen atoms in total. The monoisotopic (exact) mass is 1720 g/mol. The summed E-state index contributed by atoms with van der Waals surface area (Å²) in [6, 6.07) is 81.0. The van der Waals surface area contributed by atoms with Crippen molar-refractivity contribution in [1.82, 2.24) is 0 Å². The van der Waals surface area contributed by atoms with Gasteiger partial charge in [-0.15, -0.1) is 0 Å². The molecule has 664 valence electrons. The molecule has 15 rings (SSSR count). The summed E-state index contributed by atoms with van der Waals surface area (Å²) >= 11 is 0. The third kappa shape index (κ3) is 23.0. The Kier molecular flexibility index (Phi) is 25.6. The molecule has 129 heavy (non-hydrogen) atoms. The molecule has 0 amide bonds. The fraction of sp³-hybridized carbons (Fsp3) is 0.315. The Morgan fingerprint density at radius 3 is 0.698 bits per heavy atom. The third-order valence-electron chi connectivity index (χ3n) is 24.9. The highest BCUT2D eigenvalue weighted by Gasteiger charge is 2.28. The number of aryl methyl sites for hydroxylation is 18. The quantitative estimate of drug-likeness (QED) is 0.0810. The van der Waals surface area contributed by atoms with E-state index in [1.807, 2.05) is 220 Å². The maximum absolute atomic E-state index is 8.70. The van der Waals surface area contributed by atoms with Crippen LogP contribution in [0.2, 0.25) is 0 Å². The Balaban J connectivity index is 0.000000173. The van der Waals surface area contributed by atoms with Gasteiger partial charge in [0.1, 0.15) is 35.2 Å². The average Bonchev–Trinajstić information content (AvgIpc) is 0.749. The van der Waals surface area contributed by atoms with E-state index in [9.17, 15) is 0 Å². The van der Waals surface area contributed by atoms with Gasteiger partial charge >= 0.3 is 0 Å². The zero-order valence-electron chi connectivity index (χ0n) is 97.9. The zero-order chi connectivity index (χ0) is 108. The van der Waals surface area contributed by atoms with Crippen LogP contribution in [-0.4, -0.2) is 0 Å². The predicted molar refractivity (Wildman–Crippen MR) is 553 cm³/mol. The van der Waals surface area contributed by atoms with Crippen molar-refractivity contribution in [2.45, 2.75) is 228 Å². The van der Waals surface area contributed by atoms with Crippen molar-refractivity contribution in [3.63, 3.8) is 0 Å². The molecular weight excluding hydrogens is 1560 g/mol. The van der Waals surface area contributed by atoms with Crippen molar-refractivity contribution in [3.8, 4) is 112 Å². The summed E-state index contributed by atoms with van der Waals surface area (Å²) in [7, 11) is 10.00. The summed E-state index contributed by atoms with van der Waals surface area (Å²) in [5, 5.41) is 0. The van der Waals surface area contributed by atoms with Gasteiger partial charge in [0.05, 0.1) is 0 Å². The Labute approximate surface area is 800 Å². The van der Waals surface area contributed by atoms with Gasteiger partial charge in [-0.3, -0.25) is 0 Å². The summed E-state index contributed by atoms with van der Waals surface area (Å²) in [6.45, 7) is 37.9. The number of hydrogen-bond donors (Lipinski definition) is 0. The second-order valence-electron chi connectivity index (χ2n) is 37.0. The highest BCUT2D eigenvalue weighted by Crippen LogP contribution is 2.41. The minimum atomic E-state index is -2.35. The molecule has 5 heteroatoms. The number of nitrogens with zero attached hydrogens (tertiary/aromatic N) is 5. The van der Waals surface area contributed by atoms with Crippen LogP contribution in [0.5, 0.6) is 0 Å². The van der Waals surface area contributed by atoms with Crippen LogP contribution in [0.25, 0.3) is 112 Å². The van der Waals surface area contributed by atoms with Crippen LogP contribution >= 0.6 is 0 Å². The summed E-state index contributed by atoms with van der Waals surface area (Å²) in [5.41, 5.74) is 39.0. The SMILES string of the molecule is Cc1cc(C)c(-c2cc(C(C)C)c(C(C)C)c[n+]2C)cc1-c1ccccc1.Cc1cc(C)c(-c2cc(C(C)C)c(C)c[n+]2C)cc1-c1ccccc1.[2H]C([2H])([2H])c1cc(C)c(-c2cc(C([2H])(C)C)c(C([2H])(C)C)c[n+]2C)cc1-c1ccccc1.[2H]C([2H])([2H])c1cc(C)c(-c2cc(C([2H])(C)C)c(C([2H])([2H])[2H])c[n+]2C)cc1-c1ccccc1.[2H]C([2H])([2H])c1cc(C)c(-c2cc(C)c(C([2H])(C)C)c[n+]2C)cc1-c1ccccc1. The minimum Gasteiger partial charge on any atom is -0.201 e. The highest BCUT2D eigenvalue weighted by atomic mass is 14.9. The maximum atomic E-state index is 8.70. The summed E-state index contributed by atoms with van der Waals surface area (Å²) in [5.74, 6) is -1.97. The van der Waals surface area contributed by atoms with E-state index in [0.29, 0.717) is 45.6 Å². The molecular formula is C124H148N5+5. The molecule has 10 aromatic carbocycles. The Morgan fingerprint density at radius 1 is 0.186 bits per heavy atom. The molecule has 0 saturated carbocycles.